The number of ether oxygens (including phenoxy) is 1. The minimum absolute atomic E-state index is 0.129. The van der Waals surface area contributed by atoms with Crippen molar-refractivity contribution in [2.45, 2.75) is 20.1 Å². The molecule has 30 heavy (non-hydrogen) atoms. The van der Waals surface area contributed by atoms with Crippen LogP contribution >= 0.6 is 0 Å². The second kappa shape index (κ2) is 8.65. The molecule has 0 aliphatic carbocycles. The molecule has 4 aromatic rings. The first kappa shape index (κ1) is 19.4. The molecular formula is C23H20FN3O3. The Hall–Kier alpha value is -3.87. The molecule has 0 saturated heterocycles. The zero-order valence-electron chi connectivity index (χ0n) is 16.3. The number of benzene rings is 2. The molecular weight excluding hydrogens is 385 g/mol. The first-order valence-electron chi connectivity index (χ1n) is 9.43. The van der Waals surface area contributed by atoms with Crippen LogP contribution in [0.2, 0.25) is 0 Å². The average molecular weight is 405 g/mol. The summed E-state index contributed by atoms with van der Waals surface area (Å²) in [6, 6.07) is 18.7. The Morgan fingerprint density at radius 2 is 1.90 bits per heavy atom. The van der Waals surface area contributed by atoms with Gasteiger partial charge in [0.05, 0.1) is 6.54 Å². The van der Waals surface area contributed by atoms with Crippen molar-refractivity contribution in [3.8, 4) is 5.75 Å². The number of carbonyl (C=O) groups is 1. The van der Waals surface area contributed by atoms with Gasteiger partial charge in [-0.05, 0) is 54.4 Å². The molecule has 0 fully saturated rings. The molecule has 0 aliphatic heterocycles. The molecule has 2 aromatic heterocycles. The lowest BCUT2D eigenvalue weighted by Gasteiger charge is -2.05. The molecule has 0 atom stereocenters. The van der Waals surface area contributed by atoms with Crippen molar-refractivity contribution in [2.75, 3.05) is 5.32 Å². The fourth-order valence-electron chi connectivity index (χ4n) is 2.92. The third kappa shape index (κ3) is 4.75. The Kier molecular flexibility index (Phi) is 5.61. The van der Waals surface area contributed by atoms with E-state index in [0.29, 0.717) is 23.9 Å². The number of nitrogens with zero attached hydrogens (tertiary/aromatic N) is 2. The molecule has 152 valence electrons. The van der Waals surface area contributed by atoms with Gasteiger partial charge in [-0.25, -0.2) is 4.39 Å². The second-order valence-electron chi connectivity index (χ2n) is 6.79. The van der Waals surface area contributed by atoms with Crippen molar-refractivity contribution in [3.63, 3.8) is 0 Å². The third-order valence-corrected chi connectivity index (χ3v) is 4.56. The van der Waals surface area contributed by atoms with Crippen LogP contribution in [-0.4, -0.2) is 15.7 Å². The van der Waals surface area contributed by atoms with Gasteiger partial charge in [-0.15, -0.1) is 0 Å². The van der Waals surface area contributed by atoms with Gasteiger partial charge in [-0.3, -0.25) is 9.48 Å². The van der Waals surface area contributed by atoms with E-state index < -0.39 is 5.91 Å². The number of carbonyl (C=O) groups excluding carboxylic acids is 1. The molecule has 0 saturated carbocycles. The molecule has 7 heteroatoms. The van der Waals surface area contributed by atoms with Crippen LogP contribution in [0, 0.1) is 12.7 Å². The number of aromatic nitrogens is 2. The summed E-state index contributed by atoms with van der Waals surface area (Å²) < 4.78 is 25.7. The first-order valence-corrected chi connectivity index (χ1v) is 9.43. The van der Waals surface area contributed by atoms with E-state index in [-0.39, 0.29) is 18.2 Å². The lowest BCUT2D eigenvalue weighted by atomic mass is 10.1. The SMILES string of the molecule is Cc1ccccc1Cn1ccc(NC(=O)c2ccc(COc3ccc(F)cc3)o2)n1. The summed E-state index contributed by atoms with van der Waals surface area (Å²) in [6.45, 7) is 2.80. The maximum Gasteiger partial charge on any atom is 0.292 e. The summed E-state index contributed by atoms with van der Waals surface area (Å²) >= 11 is 0. The second-order valence-corrected chi connectivity index (χ2v) is 6.79. The van der Waals surface area contributed by atoms with Crippen molar-refractivity contribution in [3.05, 3.63) is 101 Å². The van der Waals surface area contributed by atoms with Gasteiger partial charge in [-0.2, -0.15) is 5.10 Å². The lowest BCUT2D eigenvalue weighted by Crippen LogP contribution is -2.12. The van der Waals surface area contributed by atoms with Crippen molar-refractivity contribution >= 4 is 11.7 Å². The number of rotatable bonds is 7. The van der Waals surface area contributed by atoms with E-state index >= 15 is 0 Å². The van der Waals surface area contributed by atoms with Crippen LogP contribution in [0.5, 0.6) is 5.75 Å². The first-order chi connectivity index (χ1) is 14.6. The number of hydrogen-bond acceptors (Lipinski definition) is 4. The highest BCUT2D eigenvalue weighted by atomic mass is 19.1. The number of nitrogens with one attached hydrogen (secondary N) is 1. The molecule has 0 radical (unpaired) electrons. The molecule has 0 unspecified atom stereocenters. The third-order valence-electron chi connectivity index (χ3n) is 4.56. The van der Waals surface area contributed by atoms with E-state index in [0.717, 1.165) is 5.56 Å². The predicted octanol–water partition coefficient (Wildman–Crippen LogP) is 4.80. The predicted molar refractivity (Wildman–Crippen MR) is 110 cm³/mol. The number of hydrogen-bond donors (Lipinski definition) is 1. The highest BCUT2D eigenvalue weighted by molar-refractivity contribution is 6.01. The average Bonchev–Trinajstić information content (AvgIpc) is 3.39. The van der Waals surface area contributed by atoms with Gasteiger partial charge in [-0.1, -0.05) is 24.3 Å². The van der Waals surface area contributed by atoms with Gasteiger partial charge in [0.15, 0.2) is 11.6 Å². The van der Waals surface area contributed by atoms with Crippen LogP contribution < -0.4 is 10.1 Å². The monoisotopic (exact) mass is 405 g/mol. The molecule has 0 aliphatic rings. The molecule has 6 nitrogen and oxygen atoms in total. The Balaban J connectivity index is 1.34. The summed E-state index contributed by atoms with van der Waals surface area (Å²) in [5.41, 5.74) is 2.35. The molecule has 1 N–H and O–H groups in total. The van der Waals surface area contributed by atoms with Gasteiger partial charge < -0.3 is 14.5 Å². The minimum Gasteiger partial charge on any atom is -0.486 e. The zero-order chi connectivity index (χ0) is 20.9. The highest BCUT2D eigenvalue weighted by Crippen LogP contribution is 2.16. The van der Waals surface area contributed by atoms with Crippen LogP contribution in [0.25, 0.3) is 0 Å². The molecule has 0 spiro atoms. The van der Waals surface area contributed by atoms with Crippen LogP contribution in [-0.2, 0) is 13.2 Å². The summed E-state index contributed by atoms with van der Waals surface area (Å²) in [5, 5.41) is 7.11. The van der Waals surface area contributed by atoms with Gasteiger partial charge in [0.2, 0.25) is 0 Å². The standard InChI is InChI=1S/C23H20FN3O3/c1-16-4-2-3-5-17(16)14-27-13-12-22(26-27)25-23(28)21-11-10-20(30-21)15-29-19-8-6-18(24)7-9-19/h2-13H,14-15H2,1H3,(H,25,26,28). The minimum atomic E-state index is -0.399. The Morgan fingerprint density at radius 3 is 2.70 bits per heavy atom. The largest absolute Gasteiger partial charge is 0.486 e. The van der Waals surface area contributed by atoms with Crippen LogP contribution in [0.15, 0.2) is 77.3 Å². The van der Waals surface area contributed by atoms with Crippen molar-refractivity contribution < 1.29 is 18.3 Å². The lowest BCUT2D eigenvalue weighted by molar-refractivity contribution is 0.0992. The van der Waals surface area contributed by atoms with Crippen molar-refractivity contribution in [1.29, 1.82) is 0 Å². The molecule has 2 heterocycles. The quantitative estimate of drug-likeness (QED) is 0.479. The van der Waals surface area contributed by atoms with E-state index in [1.54, 1.807) is 22.9 Å². The van der Waals surface area contributed by atoms with Gasteiger partial charge in [0.1, 0.15) is 23.9 Å². The van der Waals surface area contributed by atoms with E-state index in [9.17, 15) is 9.18 Å². The Bertz CT molecular complexity index is 1150. The Morgan fingerprint density at radius 1 is 1.10 bits per heavy atom. The highest BCUT2D eigenvalue weighted by Gasteiger charge is 2.13. The topological polar surface area (TPSA) is 69.3 Å². The normalized spacial score (nSPS) is 10.7. The van der Waals surface area contributed by atoms with Gasteiger partial charge in [0, 0.05) is 12.3 Å². The summed E-state index contributed by atoms with van der Waals surface area (Å²) in [6.07, 6.45) is 1.81. The van der Waals surface area contributed by atoms with Gasteiger partial charge >= 0.3 is 0 Å². The molecule has 4 rings (SSSR count). The van der Waals surface area contributed by atoms with Gasteiger partial charge in [0.25, 0.3) is 5.91 Å². The number of halogens is 1. The van der Waals surface area contributed by atoms with E-state index in [2.05, 4.69) is 23.4 Å². The fraction of sp³-hybridized carbons (Fsp3) is 0.130. The smallest absolute Gasteiger partial charge is 0.292 e. The van der Waals surface area contributed by atoms with Crippen LogP contribution in [0.4, 0.5) is 10.2 Å². The Labute approximate surface area is 172 Å². The summed E-state index contributed by atoms with van der Waals surface area (Å²) in [5.74, 6) is 0.854. The number of aryl methyl sites for hydroxylation is 1. The van der Waals surface area contributed by atoms with Crippen molar-refractivity contribution in [2.24, 2.45) is 0 Å². The molecule has 0 bridgehead atoms. The number of amides is 1. The maximum absolute atomic E-state index is 12.9. The van der Waals surface area contributed by atoms with E-state index in [4.69, 9.17) is 9.15 Å². The summed E-state index contributed by atoms with van der Waals surface area (Å²) in [4.78, 5) is 12.4. The molecule has 1 amide bonds. The molecule has 2 aromatic carbocycles. The maximum atomic E-state index is 12.9. The van der Waals surface area contributed by atoms with Crippen molar-refractivity contribution in [1.82, 2.24) is 9.78 Å². The van der Waals surface area contributed by atoms with E-state index in [1.807, 2.05) is 24.4 Å². The zero-order valence-corrected chi connectivity index (χ0v) is 16.3. The summed E-state index contributed by atoms with van der Waals surface area (Å²) in [7, 11) is 0. The van der Waals surface area contributed by atoms with Crippen LogP contribution in [0.1, 0.15) is 27.4 Å². The fourth-order valence-corrected chi connectivity index (χ4v) is 2.92. The number of furan rings is 1. The number of anilines is 1. The van der Waals surface area contributed by atoms with Crippen LogP contribution in [0.3, 0.4) is 0 Å². The van der Waals surface area contributed by atoms with E-state index in [1.165, 1.54) is 29.8 Å².